The van der Waals surface area contributed by atoms with Gasteiger partial charge in [0.1, 0.15) is 6.33 Å². The van der Waals surface area contributed by atoms with Crippen molar-refractivity contribution in [2.24, 2.45) is 0 Å². The van der Waals surface area contributed by atoms with Gasteiger partial charge in [0.2, 0.25) is 5.91 Å². The fourth-order valence-electron chi connectivity index (χ4n) is 2.13. The van der Waals surface area contributed by atoms with E-state index in [9.17, 15) is 4.79 Å². The van der Waals surface area contributed by atoms with Crippen LogP contribution in [0.4, 0.5) is 5.69 Å². The van der Waals surface area contributed by atoms with Crippen LogP contribution in [0.25, 0.3) is 22.2 Å². The zero-order valence-electron chi connectivity index (χ0n) is 12.0. The quantitative estimate of drug-likeness (QED) is 0.752. The maximum absolute atomic E-state index is 11.6. The number of pyridine rings is 1. The number of fused-ring (bicyclic) bond motifs is 1. The molecule has 0 radical (unpaired) electrons. The molecule has 0 aliphatic heterocycles. The van der Waals surface area contributed by atoms with Crippen molar-refractivity contribution in [3.05, 3.63) is 61.2 Å². The Labute approximate surface area is 127 Å². The Morgan fingerprint density at radius 2 is 2.09 bits per heavy atom. The highest BCUT2D eigenvalue weighted by Gasteiger charge is 2.04. The highest BCUT2D eigenvalue weighted by Crippen LogP contribution is 2.23. The summed E-state index contributed by atoms with van der Waals surface area (Å²) >= 11 is 0. The van der Waals surface area contributed by atoms with Crippen molar-refractivity contribution in [3.8, 4) is 11.3 Å². The number of carbonyl (C=O) groups is 1. The molecule has 2 aromatic heterocycles. The van der Waals surface area contributed by atoms with Gasteiger partial charge >= 0.3 is 0 Å². The van der Waals surface area contributed by atoms with Gasteiger partial charge in [-0.25, -0.2) is 9.97 Å². The summed E-state index contributed by atoms with van der Waals surface area (Å²) in [6, 6.07) is 9.47. The van der Waals surface area contributed by atoms with Gasteiger partial charge in [-0.3, -0.25) is 9.78 Å². The second-order valence-electron chi connectivity index (χ2n) is 4.72. The van der Waals surface area contributed by atoms with Crippen LogP contribution >= 0.6 is 0 Å². The van der Waals surface area contributed by atoms with E-state index in [1.54, 1.807) is 31.5 Å². The maximum Gasteiger partial charge on any atom is 0.248 e. The topological polar surface area (TPSA) is 67.8 Å². The molecule has 2 heterocycles. The SMILES string of the molecule is C/C=C/C(=O)Nc1ccnc(-c2ccc3cncnc3c2)c1. The third-order valence-electron chi connectivity index (χ3n) is 3.15. The lowest BCUT2D eigenvalue weighted by atomic mass is 10.1. The number of allylic oxidation sites excluding steroid dienone is 1. The van der Waals surface area contributed by atoms with Gasteiger partial charge in [0.25, 0.3) is 0 Å². The fourth-order valence-corrected chi connectivity index (χ4v) is 2.13. The summed E-state index contributed by atoms with van der Waals surface area (Å²) in [6.07, 6.45) is 8.14. The van der Waals surface area contributed by atoms with Crippen molar-refractivity contribution in [3.63, 3.8) is 0 Å². The van der Waals surface area contributed by atoms with Crippen molar-refractivity contribution in [2.75, 3.05) is 5.32 Å². The van der Waals surface area contributed by atoms with E-state index in [-0.39, 0.29) is 5.91 Å². The first-order valence-electron chi connectivity index (χ1n) is 6.86. The Morgan fingerprint density at radius 3 is 2.95 bits per heavy atom. The summed E-state index contributed by atoms with van der Waals surface area (Å²) in [6.45, 7) is 1.80. The lowest BCUT2D eigenvalue weighted by molar-refractivity contribution is -0.111. The molecule has 0 fully saturated rings. The number of nitrogens with zero attached hydrogens (tertiary/aromatic N) is 3. The predicted molar refractivity (Wildman–Crippen MR) is 86.2 cm³/mol. The predicted octanol–water partition coefficient (Wildman–Crippen LogP) is 3.21. The Kier molecular flexibility index (Phi) is 3.87. The molecule has 0 spiro atoms. The molecule has 22 heavy (non-hydrogen) atoms. The van der Waals surface area contributed by atoms with Crippen LogP contribution in [0, 0.1) is 0 Å². The van der Waals surface area contributed by atoms with Crippen LogP contribution < -0.4 is 5.32 Å². The normalized spacial score (nSPS) is 11.0. The van der Waals surface area contributed by atoms with Gasteiger partial charge in [0.15, 0.2) is 0 Å². The summed E-state index contributed by atoms with van der Waals surface area (Å²) in [5.74, 6) is -0.161. The number of carbonyl (C=O) groups excluding carboxylic acids is 1. The van der Waals surface area contributed by atoms with E-state index in [4.69, 9.17) is 0 Å². The largest absolute Gasteiger partial charge is 0.322 e. The lowest BCUT2D eigenvalue weighted by Gasteiger charge is -2.06. The third kappa shape index (κ3) is 2.98. The van der Waals surface area contributed by atoms with E-state index >= 15 is 0 Å². The molecule has 3 aromatic rings. The number of rotatable bonds is 3. The number of aromatic nitrogens is 3. The van der Waals surface area contributed by atoms with Crippen molar-refractivity contribution < 1.29 is 4.79 Å². The lowest BCUT2D eigenvalue weighted by Crippen LogP contribution is -2.07. The van der Waals surface area contributed by atoms with E-state index in [1.165, 1.54) is 12.4 Å². The van der Waals surface area contributed by atoms with Crippen LogP contribution in [0.3, 0.4) is 0 Å². The molecule has 1 aromatic carbocycles. The molecule has 0 saturated carbocycles. The Hall–Kier alpha value is -3.08. The third-order valence-corrected chi connectivity index (χ3v) is 3.15. The molecular weight excluding hydrogens is 276 g/mol. The molecule has 0 saturated heterocycles. The molecule has 0 unspecified atom stereocenters. The van der Waals surface area contributed by atoms with E-state index in [0.717, 1.165) is 22.2 Å². The van der Waals surface area contributed by atoms with E-state index in [0.29, 0.717) is 5.69 Å². The highest BCUT2D eigenvalue weighted by atomic mass is 16.1. The van der Waals surface area contributed by atoms with Crippen LogP contribution in [-0.4, -0.2) is 20.9 Å². The van der Waals surface area contributed by atoms with Gasteiger partial charge in [-0.1, -0.05) is 18.2 Å². The molecular formula is C17H14N4O. The van der Waals surface area contributed by atoms with Crippen molar-refractivity contribution in [1.29, 1.82) is 0 Å². The first-order chi connectivity index (χ1) is 10.8. The number of hydrogen-bond donors (Lipinski definition) is 1. The van der Waals surface area contributed by atoms with Crippen molar-refractivity contribution >= 4 is 22.5 Å². The summed E-state index contributed by atoms with van der Waals surface area (Å²) in [4.78, 5) is 24.2. The minimum atomic E-state index is -0.161. The van der Waals surface area contributed by atoms with Crippen molar-refractivity contribution in [1.82, 2.24) is 15.0 Å². The fraction of sp³-hybridized carbons (Fsp3) is 0.0588. The molecule has 3 rings (SSSR count). The van der Waals surface area contributed by atoms with Gasteiger partial charge in [0.05, 0.1) is 11.2 Å². The van der Waals surface area contributed by atoms with Crippen molar-refractivity contribution in [2.45, 2.75) is 6.92 Å². The first kappa shape index (κ1) is 13.9. The van der Waals surface area contributed by atoms with Crippen LogP contribution in [0.2, 0.25) is 0 Å². The second kappa shape index (κ2) is 6.13. The maximum atomic E-state index is 11.6. The van der Waals surface area contributed by atoms with Gasteiger partial charge in [-0.2, -0.15) is 0 Å². The highest BCUT2D eigenvalue weighted by molar-refractivity contribution is 5.99. The van der Waals surface area contributed by atoms with Crippen LogP contribution in [0.1, 0.15) is 6.92 Å². The molecule has 0 aliphatic rings. The van der Waals surface area contributed by atoms with Gasteiger partial charge in [0, 0.05) is 29.0 Å². The number of amides is 1. The number of anilines is 1. The zero-order valence-corrected chi connectivity index (χ0v) is 12.0. The van der Waals surface area contributed by atoms with Gasteiger partial charge in [-0.15, -0.1) is 0 Å². The van der Waals surface area contributed by atoms with Gasteiger partial charge in [-0.05, 0) is 31.2 Å². The monoisotopic (exact) mass is 290 g/mol. The summed E-state index contributed by atoms with van der Waals surface area (Å²) in [5.41, 5.74) is 3.28. The molecule has 0 aliphatic carbocycles. The summed E-state index contributed by atoms with van der Waals surface area (Å²) in [7, 11) is 0. The Balaban J connectivity index is 1.94. The number of benzene rings is 1. The van der Waals surface area contributed by atoms with Gasteiger partial charge < -0.3 is 5.32 Å². The molecule has 5 heteroatoms. The number of hydrogen-bond acceptors (Lipinski definition) is 4. The molecule has 0 atom stereocenters. The van der Waals surface area contributed by atoms with Crippen LogP contribution in [-0.2, 0) is 4.79 Å². The van der Waals surface area contributed by atoms with E-state index in [1.807, 2.05) is 24.3 Å². The van der Waals surface area contributed by atoms with Crippen LogP contribution in [0.5, 0.6) is 0 Å². The minimum absolute atomic E-state index is 0.161. The minimum Gasteiger partial charge on any atom is -0.322 e. The second-order valence-corrected chi connectivity index (χ2v) is 4.72. The number of nitrogens with one attached hydrogen (secondary N) is 1. The summed E-state index contributed by atoms with van der Waals surface area (Å²) in [5, 5.41) is 3.77. The molecule has 5 nitrogen and oxygen atoms in total. The standard InChI is InChI=1S/C17H14N4O/c1-2-3-17(22)21-14-6-7-19-16(9-14)12-4-5-13-10-18-11-20-15(13)8-12/h2-11H,1H3,(H,19,21,22)/b3-2+. The average Bonchev–Trinajstić information content (AvgIpc) is 2.55. The zero-order chi connectivity index (χ0) is 15.4. The van der Waals surface area contributed by atoms with E-state index < -0.39 is 0 Å². The summed E-state index contributed by atoms with van der Waals surface area (Å²) < 4.78 is 0. The van der Waals surface area contributed by atoms with E-state index in [2.05, 4.69) is 20.3 Å². The Morgan fingerprint density at radius 1 is 1.18 bits per heavy atom. The first-order valence-corrected chi connectivity index (χ1v) is 6.86. The molecule has 108 valence electrons. The average molecular weight is 290 g/mol. The Bertz CT molecular complexity index is 858. The molecule has 1 amide bonds. The molecule has 1 N–H and O–H groups in total. The molecule has 0 bridgehead atoms. The van der Waals surface area contributed by atoms with Crippen LogP contribution in [0.15, 0.2) is 61.2 Å². The smallest absolute Gasteiger partial charge is 0.248 e.